The second kappa shape index (κ2) is 9.42. The molecule has 0 spiro atoms. The SMILES string of the molecule is CN=C(NCCC(C)c1ccc(OC)cc1)NCc1sc(C)nc1C. The number of methoxy groups -OCH3 is 1. The molecule has 136 valence electrons. The van der Waals surface area contributed by atoms with Crippen LogP contribution in [-0.2, 0) is 6.54 Å². The van der Waals surface area contributed by atoms with Crippen LogP contribution in [0, 0.1) is 13.8 Å². The third-order valence-electron chi connectivity index (χ3n) is 4.19. The molecule has 2 aromatic rings. The third kappa shape index (κ3) is 5.74. The van der Waals surface area contributed by atoms with Gasteiger partial charge in [0.1, 0.15) is 5.75 Å². The van der Waals surface area contributed by atoms with E-state index in [1.54, 1.807) is 25.5 Å². The van der Waals surface area contributed by atoms with Gasteiger partial charge in [-0.3, -0.25) is 4.99 Å². The lowest BCUT2D eigenvalue weighted by atomic mass is 9.98. The molecule has 6 heteroatoms. The lowest BCUT2D eigenvalue weighted by molar-refractivity contribution is 0.414. The molecule has 1 unspecified atom stereocenters. The number of aliphatic imine (C=N–C) groups is 1. The first-order valence-corrected chi connectivity index (χ1v) is 9.36. The van der Waals surface area contributed by atoms with E-state index < -0.39 is 0 Å². The number of benzene rings is 1. The predicted octanol–water partition coefficient (Wildman–Crippen LogP) is 3.63. The van der Waals surface area contributed by atoms with E-state index >= 15 is 0 Å². The van der Waals surface area contributed by atoms with Crippen molar-refractivity contribution in [1.82, 2.24) is 15.6 Å². The molecule has 0 amide bonds. The van der Waals surface area contributed by atoms with Gasteiger partial charge in [0.15, 0.2) is 5.96 Å². The zero-order chi connectivity index (χ0) is 18.2. The fourth-order valence-electron chi connectivity index (χ4n) is 2.63. The van der Waals surface area contributed by atoms with Crippen molar-refractivity contribution in [1.29, 1.82) is 0 Å². The van der Waals surface area contributed by atoms with Crippen molar-refractivity contribution in [3.8, 4) is 5.75 Å². The number of nitrogens with one attached hydrogen (secondary N) is 2. The van der Waals surface area contributed by atoms with Crippen molar-refractivity contribution in [3.05, 3.63) is 45.4 Å². The predicted molar refractivity (Wildman–Crippen MR) is 106 cm³/mol. The summed E-state index contributed by atoms with van der Waals surface area (Å²) in [6.45, 7) is 7.95. The summed E-state index contributed by atoms with van der Waals surface area (Å²) in [5.74, 6) is 2.20. The van der Waals surface area contributed by atoms with Crippen molar-refractivity contribution in [2.24, 2.45) is 4.99 Å². The molecule has 0 aliphatic carbocycles. The minimum atomic E-state index is 0.475. The van der Waals surface area contributed by atoms with Gasteiger partial charge in [-0.15, -0.1) is 11.3 Å². The number of aryl methyl sites for hydroxylation is 2. The number of guanidine groups is 1. The summed E-state index contributed by atoms with van der Waals surface area (Å²) in [5.41, 5.74) is 2.42. The van der Waals surface area contributed by atoms with Crippen molar-refractivity contribution in [2.75, 3.05) is 20.7 Å². The van der Waals surface area contributed by atoms with Crippen molar-refractivity contribution < 1.29 is 4.74 Å². The molecule has 1 aromatic heterocycles. The molecule has 2 rings (SSSR count). The third-order valence-corrected chi connectivity index (χ3v) is 5.27. The first kappa shape index (κ1) is 19.2. The monoisotopic (exact) mass is 360 g/mol. The number of thiazole rings is 1. The van der Waals surface area contributed by atoms with Gasteiger partial charge in [-0.25, -0.2) is 4.98 Å². The number of rotatable bonds is 7. The van der Waals surface area contributed by atoms with Crippen LogP contribution in [0.15, 0.2) is 29.3 Å². The van der Waals surface area contributed by atoms with Gasteiger partial charge < -0.3 is 15.4 Å². The van der Waals surface area contributed by atoms with Crippen LogP contribution in [0.25, 0.3) is 0 Å². The molecule has 1 aromatic carbocycles. The summed E-state index contributed by atoms with van der Waals surface area (Å²) in [6.07, 6.45) is 1.03. The highest BCUT2D eigenvalue weighted by Crippen LogP contribution is 2.21. The van der Waals surface area contributed by atoms with Crippen LogP contribution in [-0.4, -0.2) is 31.6 Å². The van der Waals surface area contributed by atoms with Gasteiger partial charge in [0.25, 0.3) is 0 Å². The minimum absolute atomic E-state index is 0.475. The number of aromatic nitrogens is 1. The molecule has 0 bridgehead atoms. The molecule has 0 aliphatic heterocycles. The normalized spacial score (nSPS) is 12.8. The zero-order valence-corrected chi connectivity index (χ0v) is 16.5. The Labute approximate surface area is 154 Å². The van der Waals surface area contributed by atoms with E-state index in [0.29, 0.717) is 5.92 Å². The second-order valence-corrected chi connectivity index (χ2v) is 7.34. The minimum Gasteiger partial charge on any atom is -0.497 e. The van der Waals surface area contributed by atoms with Gasteiger partial charge in [0, 0.05) is 18.5 Å². The largest absolute Gasteiger partial charge is 0.497 e. The van der Waals surface area contributed by atoms with E-state index in [2.05, 4.69) is 39.7 Å². The van der Waals surface area contributed by atoms with E-state index in [0.717, 1.165) is 41.9 Å². The van der Waals surface area contributed by atoms with E-state index in [1.807, 2.05) is 26.0 Å². The lowest BCUT2D eigenvalue weighted by Crippen LogP contribution is -2.37. The van der Waals surface area contributed by atoms with Crippen molar-refractivity contribution >= 4 is 17.3 Å². The maximum Gasteiger partial charge on any atom is 0.191 e. The van der Waals surface area contributed by atoms with E-state index in [9.17, 15) is 0 Å². The Kier molecular flexibility index (Phi) is 7.25. The Morgan fingerprint density at radius 1 is 1.24 bits per heavy atom. The standard InChI is InChI=1S/C19H28N4OS/c1-13(16-6-8-17(24-5)9-7-16)10-11-21-19(20-4)22-12-18-14(2)23-15(3)25-18/h6-9,13H,10-12H2,1-5H3,(H2,20,21,22). The van der Waals surface area contributed by atoms with Gasteiger partial charge in [-0.1, -0.05) is 19.1 Å². The van der Waals surface area contributed by atoms with Crippen molar-refractivity contribution in [2.45, 2.75) is 39.7 Å². The maximum atomic E-state index is 5.21. The molecule has 0 fully saturated rings. The fraction of sp³-hybridized carbons (Fsp3) is 0.474. The quantitative estimate of drug-likeness (QED) is 0.585. The van der Waals surface area contributed by atoms with E-state index in [4.69, 9.17) is 4.74 Å². The smallest absolute Gasteiger partial charge is 0.191 e. The number of ether oxygens (including phenoxy) is 1. The van der Waals surface area contributed by atoms with Crippen LogP contribution >= 0.6 is 11.3 Å². The molecule has 2 N–H and O–H groups in total. The Hall–Kier alpha value is -2.08. The topological polar surface area (TPSA) is 58.5 Å². The molecule has 1 atom stereocenters. The molecule has 0 saturated carbocycles. The van der Waals surface area contributed by atoms with Crippen LogP contribution in [0.2, 0.25) is 0 Å². The molecule has 0 aliphatic rings. The molecule has 0 saturated heterocycles. The Morgan fingerprint density at radius 2 is 1.96 bits per heavy atom. The van der Waals surface area contributed by atoms with E-state index in [-0.39, 0.29) is 0 Å². The van der Waals surface area contributed by atoms with Crippen LogP contribution in [0.4, 0.5) is 0 Å². The fourth-order valence-corrected chi connectivity index (χ4v) is 3.51. The summed E-state index contributed by atoms with van der Waals surface area (Å²) < 4.78 is 5.21. The number of hydrogen-bond donors (Lipinski definition) is 2. The van der Waals surface area contributed by atoms with Gasteiger partial charge in [-0.2, -0.15) is 0 Å². The second-order valence-electron chi connectivity index (χ2n) is 6.06. The summed E-state index contributed by atoms with van der Waals surface area (Å²) in [6, 6.07) is 8.29. The molecule has 5 nitrogen and oxygen atoms in total. The highest BCUT2D eigenvalue weighted by Gasteiger charge is 2.08. The van der Waals surface area contributed by atoms with E-state index in [1.165, 1.54) is 10.4 Å². The first-order valence-electron chi connectivity index (χ1n) is 8.54. The Morgan fingerprint density at radius 3 is 2.52 bits per heavy atom. The summed E-state index contributed by atoms with van der Waals surface area (Å²) in [5, 5.41) is 7.85. The summed E-state index contributed by atoms with van der Waals surface area (Å²) in [7, 11) is 3.49. The van der Waals surface area contributed by atoms with Gasteiger partial charge in [-0.05, 0) is 43.9 Å². The van der Waals surface area contributed by atoms with Crippen LogP contribution < -0.4 is 15.4 Å². The Balaban J connectivity index is 1.77. The molecule has 1 heterocycles. The molecule has 25 heavy (non-hydrogen) atoms. The molecular weight excluding hydrogens is 332 g/mol. The lowest BCUT2D eigenvalue weighted by Gasteiger charge is -2.15. The average molecular weight is 361 g/mol. The summed E-state index contributed by atoms with van der Waals surface area (Å²) >= 11 is 1.73. The summed E-state index contributed by atoms with van der Waals surface area (Å²) in [4.78, 5) is 10.0. The van der Waals surface area contributed by atoms with Gasteiger partial charge in [0.2, 0.25) is 0 Å². The number of nitrogens with zero attached hydrogens (tertiary/aromatic N) is 2. The first-order chi connectivity index (χ1) is 12.0. The van der Waals surface area contributed by atoms with Crippen LogP contribution in [0.3, 0.4) is 0 Å². The number of hydrogen-bond acceptors (Lipinski definition) is 4. The Bertz CT molecular complexity index is 694. The molecule has 0 radical (unpaired) electrons. The average Bonchev–Trinajstić information content (AvgIpc) is 2.95. The molecular formula is C19H28N4OS. The maximum absolute atomic E-state index is 5.21. The van der Waals surface area contributed by atoms with Crippen LogP contribution in [0.5, 0.6) is 5.75 Å². The highest BCUT2D eigenvalue weighted by molar-refractivity contribution is 7.11. The van der Waals surface area contributed by atoms with Gasteiger partial charge >= 0.3 is 0 Å². The highest BCUT2D eigenvalue weighted by atomic mass is 32.1. The van der Waals surface area contributed by atoms with Crippen LogP contribution in [0.1, 0.15) is 40.4 Å². The van der Waals surface area contributed by atoms with Crippen molar-refractivity contribution in [3.63, 3.8) is 0 Å². The van der Waals surface area contributed by atoms with Gasteiger partial charge in [0.05, 0.1) is 24.4 Å². The zero-order valence-electron chi connectivity index (χ0n) is 15.7.